The van der Waals surface area contributed by atoms with E-state index in [-0.39, 0.29) is 12.1 Å². The second-order valence-electron chi connectivity index (χ2n) is 7.30. The molecule has 0 unspecified atom stereocenters. The number of fused-ring (bicyclic) bond motifs is 1. The van der Waals surface area contributed by atoms with E-state index in [9.17, 15) is 4.79 Å². The van der Waals surface area contributed by atoms with Crippen LogP contribution in [-0.4, -0.2) is 49.9 Å². The largest absolute Gasteiger partial charge is 0.486 e. The Labute approximate surface area is 162 Å². The zero-order valence-electron chi connectivity index (χ0n) is 15.0. The van der Waals surface area contributed by atoms with E-state index >= 15 is 0 Å². The van der Waals surface area contributed by atoms with Crippen LogP contribution in [-0.2, 0) is 4.74 Å². The first-order valence-corrected chi connectivity index (χ1v) is 10.1. The van der Waals surface area contributed by atoms with Crippen LogP contribution >= 0.6 is 15.9 Å². The molecule has 2 fully saturated rings. The summed E-state index contributed by atoms with van der Waals surface area (Å²) >= 11 is 3.60. The summed E-state index contributed by atoms with van der Waals surface area (Å²) in [5.74, 6) is 1.93. The van der Waals surface area contributed by atoms with Crippen molar-refractivity contribution < 1.29 is 19.0 Å². The minimum absolute atomic E-state index is 0.00805. The number of carbonyl (C=O) groups excluding carboxylic acids is 1. The zero-order valence-corrected chi connectivity index (χ0v) is 16.6. The van der Waals surface area contributed by atoms with Crippen LogP contribution in [0.25, 0.3) is 0 Å². The summed E-state index contributed by atoms with van der Waals surface area (Å²) in [5.41, 5.74) is 0.988. The van der Waals surface area contributed by atoms with Gasteiger partial charge in [-0.3, -0.25) is 0 Å². The number of rotatable bonds is 5. The number of hydrogen-bond acceptors (Lipinski definition) is 4. The number of halogens is 1. The van der Waals surface area contributed by atoms with Gasteiger partial charge in [-0.2, -0.15) is 0 Å². The summed E-state index contributed by atoms with van der Waals surface area (Å²) in [5, 5.41) is 3.16. The highest BCUT2D eigenvalue weighted by Crippen LogP contribution is 2.38. The van der Waals surface area contributed by atoms with Gasteiger partial charge in [0.25, 0.3) is 0 Å². The van der Waals surface area contributed by atoms with E-state index in [1.807, 2.05) is 24.0 Å². The van der Waals surface area contributed by atoms with Crippen LogP contribution in [0.15, 0.2) is 16.6 Å². The third-order valence-electron chi connectivity index (χ3n) is 5.20. The molecule has 1 aliphatic carbocycles. The summed E-state index contributed by atoms with van der Waals surface area (Å²) in [6, 6.07) is 4.13. The Morgan fingerprint density at radius 3 is 2.62 bits per heavy atom. The highest BCUT2D eigenvalue weighted by atomic mass is 79.9. The van der Waals surface area contributed by atoms with Gasteiger partial charge in [-0.25, -0.2) is 4.79 Å². The predicted octanol–water partition coefficient (Wildman–Crippen LogP) is 3.49. The average molecular weight is 425 g/mol. The van der Waals surface area contributed by atoms with E-state index in [2.05, 4.69) is 21.2 Å². The van der Waals surface area contributed by atoms with Gasteiger partial charge in [0.05, 0.1) is 12.6 Å². The van der Waals surface area contributed by atoms with E-state index < -0.39 is 0 Å². The summed E-state index contributed by atoms with van der Waals surface area (Å²) in [4.78, 5) is 14.9. The molecule has 2 aliphatic heterocycles. The highest BCUT2D eigenvalue weighted by molar-refractivity contribution is 9.10. The quantitative estimate of drug-likeness (QED) is 0.785. The first-order chi connectivity index (χ1) is 12.6. The maximum Gasteiger partial charge on any atom is 0.318 e. The number of hydrogen-bond donors (Lipinski definition) is 1. The fourth-order valence-electron chi connectivity index (χ4n) is 3.55. The Hall–Kier alpha value is -1.47. The number of carbonyl (C=O) groups is 1. The molecule has 3 aliphatic rings. The number of nitrogens with zero attached hydrogens (tertiary/aromatic N) is 1. The maximum absolute atomic E-state index is 12.9. The van der Waals surface area contributed by atoms with Gasteiger partial charge >= 0.3 is 6.03 Å². The van der Waals surface area contributed by atoms with Crippen molar-refractivity contribution >= 4 is 22.0 Å². The van der Waals surface area contributed by atoms with Gasteiger partial charge in [0.1, 0.15) is 13.2 Å². The van der Waals surface area contributed by atoms with E-state index in [1.165, 1.54) is 0 Å². The van der Waals surface area contributed by atoms with Crippen molar-refractivity contribution in [1.82, 2.24) is 10.2 Å². The molecule has 0 bridgehead atoms. The Morgan fingerprint density at radius 2 is 1.96 bits per heavy atom. The molecule has 1 N–H and O–H groups in total. The van der Waals surface area contributed by atoms with Crippen LogP contribution in [0, 0.1) is 5.92 Å². The van der Waals surface area contributed by atoms with Crippen LogP contribution in [0.1, 0.15) is 37.8 Å². The van der Waals surface area contributed by atoms with Crippen molar-refractivity contribution in [2.75, 3.05) is 33.0 Å². The summed E-state index contributed by atoms with van der Waals surface area (Å²) < 4.78 is 17.7. The molecule has 142 valence electrons. The number of benzene rings is 1. The Bertz CT molecular complexity index is 674. The maximum atomic E-state index is 12.9. The monoisotopic (exact) mass is 424 g/mol. The summed E-state index contributed by atoms with van der Waals surface area (Å²) in [7, 11) is 0. The number of ether oxygens (including phenoxy) is 3. The number of urea groups is 1. The van der Waals surface area contributed by atoms with Gasteiger partial charge in [0, 0.05) is 29.6 Å². The topological polar surface area (TPSA) is 60.0 Å². The Kier molecular flexibility index (Phi) is 5.27. The van der Waals surface area contributed by atoms with Crippen molar-refractivity contribution in [3.8, 4) is 11.5 Å². The standard InChI is InChI=1S/C19H25BrN2O4/c1-12(15-8-17-18(9-16(15)20)26-7-6-25-17)21-19(23)22(14-2-3-14)10-13-4-5-24-11-13/h8-9,12-14H,2-7,10-11H2,1H3,(H,21,23)/t12-,13+/m1/s1. The minimum atomic E-state index is -0.131. The highest BCUT2D eigenvalue weighted by Gasteiger charge is 2.35. The van der Waals surface area contributed by atoms with Crippen molar-refractivity contribution in [3.63, 3.8) is 0 Å². The van der Waals surface area contributed by atoms with Crippen LogP contribution < -0.4 is 14.8 Å². The summed E-state index contributed by atoms with van der Waals surface area (Å²) in [6.45, 7) is 5.47. The van der Waals surface area contributed by atoms with Crippen LogP contribution in [0.2, 0.25) is 0 Å². The second-order valence-corrected chi connectivity index (χ2v) is 8.16. The molecular formula is C19H25BrN2O4. The lowest BCUT2D eigenvalue weighted by atomic mass is 10.1. The van der Waals surface area contributed by atoms with E-state index in [0.717, 1.165) is 60.6 Å². The molecule has 2 amide bonds. The normalized spacial score (nSPS) is 22.8. The molecule has 1 saturated heterocycles. The number of amides is 2. The molecule has 1 saturated carbocycles. The third kappa shape index (κ3) is 3.93. The van der Waals surface area contributed by atoms with Gasteiger partial charge in [0.15, 0.2) is 11.5 Å². The molecular weight excluding hydrogens is 400 g/mol. The molecule has 4 rings (SSSR count). The van der Waals surface area contributed by atoms with Crippen LogP contribution in [0.3, 0.4) is 0 Å². The third-order valence-corrected chi connectivity index (χ3v) is 5.88. The fourth-order valence-corrected chi connectivity index (χ4v) is 4.21. The minimum Gasteiger partial charge on any atom is -0.486 e. The lowest BCUT2D eigenvalue weighted by Gasteiger charge is -2.28. The van der Waals surface area contributed by atoms with E-state index in [1.54, 1.807) is 0 Å². The van der Waals surface area contributed by atoms with Gasteiger partial charge in [-0.05, 0) is 43.9 Å². The smallest absolute Gasteiger partial charge is 0.318 e. The molecule has 1 aromatic rings. The Balaban J connectivity index is 1.44. The van der Waals surface area contributed by atoms with Crippen LogP contribution in [0.5, 0.6) is 11.5 Å². The molecule has 7 heteroatoms. The molecule has 1 aromatic carbocycles. The molecule has 6 nitrogen and oxygen atoms in total. The van der Waals surface area contributed by atoms with Crippen molar-refractivity contribution in [3.05, 3.63) is 22.2 Å². The van der Waals surface area contributed by atoms with Gasteiger partial charge in [-0.1, -0.05) is 15.9 Å². The zero-order chi connectivity index (χ0) is 18.1. The molecule has 2 heterocycles. The molecule has 26 heavy (non-hydrogen) atoms. The summed E-state index contributed by atoms with van der Waals surface area (Å²) in [6.07, 6.45) is 3.24. The first-order valence-electron chi connectivity index (χ1n) is 9.35. The van der Waals surface area contributed by atoms with Gasteiger partial charge in [0.2, 0.25) is 0 Å². The molecule has 0 spiro atoms. The van der Waals surface area contributed by atoms with Gasteiger partial charge < -0.3 is 24.4 Å². The predicted molar refractivity (Wildman–Crippen MR) is 101 cm³/mol. The first kappa shape index (κ1) is 17.9. The van der Waals surface area contributed by atoms with E-state index in [4.69, 9.17) is 14.2 Å². The molecule has 2 atom stereocenters. The van der Waals surface area contributed by atoms with Crippen molar-refractivity contribution in [2.24, 2.45) is 5.92 Å². The van der Waals surface area contributed by atoms with Crippen molar-refractivity contribution in [2.45, 2.75) is 38.3 Å². The Morgan fingerprint density at radius 1 is 1.23 bits per heavy atom. The molecule has 0 radical (unpaired) electrons. The number of nitrogens with one attached hydrogen (secondary N) is 1. The fraction of sp³-hybridized carbons (Fsp3) is 0.632. The van der Waals surface area contributed by atoms with E-state index in [0.29, 0.717) is 25.2 Å². The average Bonchev–Trinajstić information content (AvgIpc) is 3.34. The SMILES string of the molecule is C[C@@H](NC(=O)N(C[C@@H]1CCOC1)C1CC1)c1cc2c(cc1Br)OCCO2. The molecule has 0 aromatic heterocycles. The lowest BCUT2D eigenvalue weighted by Crippen LogP contribution is -2.44. The second kappa shape index (κ2) is 7.64. The van der Waals surface area contributed by atoms with Crippen molar-refractivity contribution in [1.29, 1.82) is 0 Å². The van der Waals surface area contributed by atoms with Crippen LogP contribution in [0.4, 0.5) is 4.79 Å². The van der Waals surface area contributed by atoms with Gasteiger partial charge in [-0.15, -0.1) is 0 Å². The lowest BCUT2D eigenvalue weighted by molar-refractivity contribution is 0.160.